The van der Waals surface area contributed by atoms with E-state index in [-0.39, 0.29) is 6.10 Å². The van der Waals surface area contributed by atoms with Crippen LogP contribution in [-0.2, 0) is 4.74 Å². The molecule has 0 aromatic carbocycles. The molecule has 0 aliphatic rings. The van der Waals surface area contributed by atoms with Crippen molar-refractivity contribution in [3.05, 3.63) is 0 Å². The maximum atomic E-state index is 11.1. The average Bonchev–Trinajstić information content (AvgIpc) is 2.87. The number of carboxylic acid groups (broad SMARTS) is 1. The van der Waals surface area contributed by atoms with Gasteiger partial charge in [-0.25, -0.2) is 4.79 Å². The van der Waals surface area contributed by atoms with E-state index in [0.717, 1.165) is 31.6 Å². The third-order valence-corrected chi connectivity index (χ3v) is 8.17. The second-order valence-electron chi connectivity index (χ2n) is 12.5. The van der Waals surface area contributed by atoms with Gasteiger partial charge in [0.2, 0.25) is 0 Å². The second kappa shape index (κ2) is 29.2. The number of hydrogen-bond acceptors (Lipinski definition) is 3. The van der Waals surface area contributed by atoms with Gasteiger partial charge in [0.05, 0.1) is 0 Å². The lowest BCUT2D eigenvalue weighted by atomic mass is 9.97. The first-order valence-electron chi connectivity index (χ1n) is 17.0. The Kier molecular flexibility index (Phi) is 28.6. The molecular formula is C34H69NO3. The first-order chi connectivity index (χ1) is 18.5. The minimum Gasteiger partial charge on any atom is -0.450 e. The Bertz CT molecular complexity index is 482. The van der Waals surface area contributed by atoms with E-state index in [4.69, 9.17) is 9.84 Å². The molecule has 0 bridgehead atoms. The number of rotatable bonds is 30. The van der Waals surface area contributed by atoms with Crippen LogP contribution in [0.4, 0.5) is 4.79 Å². The van der Waals surface area contributed by atoms with Crippen LogP contribution in [0.15, 0.2) is 0 Å². The van der Waals surface area contributed by atoms with Crippen LogP contribution < -0.4 is 0 Å². The fourth-order valence-electron chi connectivity index (χ4n) is 5.62. The number of unbranched alkanes of at least 4 members (excludes halogenated alkanes) is 19. The van der Waals surface area contributed by atoms with E-state index in [0.29, 0.717) is 0 Å². The molecule has 0 saturated carbocycles. The molecule has 2 atom stereocenters. The van der Waals surface area contributed by atoms with Gasteiger partial charge in [-0.2, -0.15) is 0 Å². The van der Waals surface area contributed by atoms with Crippen LogP contribution in [0.3, 0.4) is 0 Å². The highest BCUT2D eigenvalue weighted by Crippen LogP contribution is 2.19. The van der Waals surface area contributed by atoms with Crippen molar-refractivity contribution in [1.29, 1.82) is 0 Å². The summed E-state index contributed by atoms with van der Waals surface area (Å²) in [5.74, 6) is 0.851. The van der Waals surface area contributed by atoms with Gasteiger partial charge in [-0.15, -0.1) is 0 Å². The van der Waals surface area contributed by atoms with Crippen molar-refractivity contribution in [3.8, 4) is 0 Å². The zero-order chi connectivity index (χ0) is 28.1. The molecule has 0 aromatic rings. The Hall–Kier alpha value is -0.770. The molecule has 2 unspecified atom stereocenters. The normalized spacial score (nSPS) is 13.2. The SMILES string of the molecule is CCCCCCCCCCCCCCCCCC(CCCCCCCCC(C)CCCN(C)C)OC(=O)O. The second-order valence-corrected chi connectivity index (χ2v) is 12.5. The summed E-state index contributed by atoms with van der Waals surface area (Å²) in [5, 5.41) is 9.11. The van der Waals surface area contributed by atoms with Crippen molar-refractivity contribution >= 4 is 6.16 Å². The van der Waals surface area contributed by atoms with Gasteiger partial charge in [0.15, 0.2) is 0 Å². The molecule has 0 aliphatic heterocycles. The topological polar surface area (TPSA) is 49.8 Å². The molecule has 0 heterocycles. The first kappa shape index (κ1) is 37.2. The smallest absolute Gasteiger partial charge is 0.450 e. The maximum absolute atomic E-state index is 11.1. The molecule has 0 rings (SSSR count). The van der Waals surface area contributed by atoms with E-state index in [1.165, 1.54) is 148 Å². The lowest BCUT2D eigenvalue weighted by molar-refractivity contribution is 0.0422. The maximum Gasteiger partial charge on any atom is 0.506 e. The van der Waals surface area contributed by atoms with Gasteiger partial charge in [-0.3, -0.25) is 0 Å². The fraction of sp³-hybridized carbons (Fsp3) is 0.971. The minimum absolute atomic E-state index is 0.0995. The number of carbonyl (C=O) groups is 1. The lowest BCUT2D eigenvalue weighted by Crippen LogP contribution is -2.16. The van der Waals surface area contributed by atoms with Crippen LogP contribution >= 0.6 is 0 Å². The van der Waals surface area contributed by atoms with Crippen molar-refractivity contribution < 1.29 is 14.6 Å². The monoisotopic (exact) mass is 540 g/mol. The van der Waals surface area contributed by atoms with Gasteiger partial charge in [-0.1, -0.05) is 142 Å². The van der Waals surface area contributed by atoms with Crippen LogP contribution in [0, 0.1) is 5.92 Å². The largest absolute Gasteiger partial charge is 0.506 e. The summed E-state index contributed by atoms with van der Waals surface area (Å²) in [5.41, 5.74) is 0. The van der Waals surface area contributed by atoms with Crippen molar-refractivity contribution in [3.63, 3.8) is 0 Å². The molecule has 1 N–H and O–H groups in total. The quantitative estimate of drug-likeness (QED) is 0.0728. The summed E-state index contributed by atoms with van der Waals surface area (Å²) in [6.07, 6.45) is 32.6. The van der Waals surface area contributed by atoms with Gasteiger partial charge < -0.3 is 14.7 Å². The molecule has 0 aromatic heterocycles. The van der Waals surface area contributed by atoms with Crippen molar-refractivity contribution in [1.82, 2.24) is 4.90 Å². The van der Waals surface area contributed by atoms with E-state index in [2.05, 4.69) is 32.8 Å². The zero-order valence-electron chi connectivity index (χ0n) is 26.5. The van der Waals surface area contributed by atoms with E-state index >= 15 is 0 Å². The molecule has 0 fully saturated rings. The van der Waals surface area contributed by atoms with Crippen molar-refractivity contribution in [2.75, 3.05) is 20.6 Å². The van der Waals surface area contributed by atoms with Crippen LogP contribution in [0.25, 0.3) is 0 Å². The first-order valence-corrected chi connectivity index (χ1v) is 17.0. The predicted octanol–water partition coefficient (Wildman–Crippen LogP) is 11.4. The highest BCUT2D eigenvalue weighted by Gasteiger charge is 2.13. The van der Waals surface area contributed by atoms with E-state index in [9.17, 15) is 4.79 Å². The predicted molar refractivity (Wildman–Crippen MR) is 166 cm³/mol. The molecule has 38 heavy (non-hydrogen) atoms. The summed E-state index contributed by atoms with van der Waals surface area (Å²) in [6, 6.07) is 0. The third kappa shape index (κ3) is 29.8. The van der Waals surface area contributed by atoms with Gasteiger partial charge in [-0.05, 0) is 65.1 Å². The molecular weight excluding hydrogens is 470 g/mol. The lowest BCUT2D eigenvalue weighted by Gasteiger charge is -2.16. The fourth-order valence-corrected chi connectivity index (χ4v) is 5.62. The van der Waals surface area contributed by atoms with E-state index in [1.54, 1.807) is 0 Å². The van der Waals surface area contributed by atoms with E-state index < -0.39 is 6.16 Å². The molecule has 0 aliphatic carbocycles. The number of nitrogens with zero attached hydrogens (tertiary/aromatic N) is 1. The molecule has 0 radical (unpaired) electrons. The summed E-state index contributed by atoms with van der Waals surface area (Å²) in [6.45, 7) is 5.89. The summed E-state index contributed by atoms with van der Waals surface area (Å²) >= 11 is 0. The molecule has 4 nitrogen and oxygen atoms in total. The Labute approximate surface area is 239 Å². The summed E-state index contributed by atoms with van der Waals surface area (Å²) in [7, 11) is 4.31. The van der Waals surface area contributed by atoms with Gasteiger partial charge in [0.25, 0.3) is 0 Å². The van der Waals surface area contributed by atoms with Crippen LogP contribution in [0.2, 0.25) is 0 Å². The van der Waals surface area contributed by atoms with Gasteiger partial charge in [0, 0.05) is 0 Å². The Morgan fingerprint density at radius 2 is 0.921 bits per heavy atom. The molecule has 228 valence electrons. The Morgan fingerprint density at radius 3 is 1.29 bits per heavy atom. The average molecular weight is 540 g/mol. The van der Waals surface area contributed by atoms with Gasteiger partial charge in [0.1, 0.15) is 6.10 Å². The van der Waals surface area contributed by atoms with Crippen LogP contribution in [0.5, 0.6) is 0 Å². The minimum atomic E-state index is -1.10. The van der Waals surface area contributed by atoms with E-state index in [1.807, 2.05) is 0 Å². The molecule has 0 spiro atoms. The molecule has 0 saturated heterocycles. The zero-order valence-corrected chi connectivity index (χ0v) is 26.5. The summed E-state index contributed by atoms with van der Waals surface area (Å²) < 4.78 is 5.20. The standard InChI is InChI=1S/C34H69NO3/c1-5-6-7-8-9-10-11-12-13-14-15-16-17-21-24-29-33(38-34(36)37)30-25-22-19-18-20-23-27-32(2)28-26-31-35(3)4/h32-33H,5-31H2,1-4H3,(H,36,37). The highest BCUT2D eigenvalue weighted by molar-refractivity contribution is 5.57. The Morgan fingerprint density at radius 1 is 0.579 bits per heavy atom. The third-order valence-electron chi connectivity index (χ3n) is 8.17. The summed E-state index contributed by atoms with van der Waals surface area (Å²) in [4.78, 5) is 13.4. The number of ether oxygens (including phenoxy) is 1. The van der Waals surface area contributed by atoms with Crippen LogP contribution in [-0.4, -0.2) is 42.9 Å². The Balaban J connectivity index is 3.57. The number of hydrogen-bond donors (Lipinski definition) is 1. The highest BCUT2D eigenvalue weighted by atomic mass is 16.7. The van der Waals surface area contributed by atoms with Gasteiger partial charge >= 0.3 is 6.16 Å². The molecule has 0 amide bonds. The molecule has 4 heteroatoms. The van der Waals surface area contributed by atoms with Crippen molar-refractivity contribution in [2.45, 2.75) is 187 Å². The van der Waals surface area contributed by atoms with Crippen LogP contribution in [0.1, 0.15) is 181 Å². The van der Waals surface area contributed by atoms with Crippen molar-refractivity contribution in [2.24, 2.45) is 5.92 Å².